The van der Waals surface area contributed by atoms with Crippen LogP contribution in [0, 0.1) is 0 Å². The lowest BCUT2D eigenvalue weighted by Gasteiger charge is -2.27. The van der Waals surface area contributed by atoms with E-state index in [0.717, 1.165) is 31.9 Å². The predicted octanol–water partition coefficient (Wildman–Crippen LogP) is 2.07. The van der Waals surface area contributed by atoms with E-state index in [1.807, 2.05) is 0 Å². The fourth-order valence-corrected chi connectivity index (χ4v) is 1.59. The van der Waals surface area contributed by atoms with E-state index in [-0.39, 0.29) is 0 Å². The summed E-state index contributed by atoms with van der Waals surface area (Å²) in [5.74, 6) is 0.785. The average molecular weight is 189 g/mol. The highest BCUT2D eigenvalue weighted by Gasteiger charge is 2.12. The van der Waals surface area contributed by atoms with Crippen LogP contribution in [0.2, 0.25) is 0 Å². The molecule has 3 heteroatoms. The van der Waals surface area contributed by atoms with Crippen LogP contribution in [0.5, 0.6) is 0 Å². The molecule has 70 valence electrons. The van der Waals surface area contributed by atoms with Crippen LogP contribution in [-0.2, 0) is 0 Å². The van der Waals surface area contributed by atoms with Gasteiger partial charge in [-0.25, -0.2) is 5.01 Å². The Balaban J connectivity index is 2.15. The molecular formula is C9H17ClN2. The maximum absolute atomic E-state index is 5.61. The molecule has 0 atom stereocenters. The fourth-order valence-electron chi connectivity index (χ4n) is 1.40. The van der Waals surface area contributed by atoms with Crippen LogP contribution in [0.3, 0.4) is 0 Å². The molecule has 12 heavy (non-hydrogen) atoms. The van der Waals surface area contributed by atoms with Crippen molar-refractivity contribution in [3.63, 3.8) is 0 Å². The van der Waals surface area contributed by atoms with Gasteiger partial charge in [0.1, 0.15) is 0 Å². The summed E-state index contributed by atoms with van der Waals surface area (Å²) in [5.41, 5.74) is 0. The molecule has 0 N–H and O–H groups in total. The molecule has 1 aliphatic rings. The van der Waals surface area contributed by atoms with Crippen LogP contribution >= 0.6 is 11.6 Å². The standard InChI is InChI=1S/C9H17ClN2/c1-2-11-8-5-9-12(11)7-4-3-6-10/h5,8H,2-4,6-7,9H2,1H3. The van der Waals surface area contributed by atoms with E-state index < -0.39 is 0 Å². The Kier molecular flexibility index (Phi) is 4.48. The Bertz CT molecular complexity index is 147. The van der Waals surface area contributed by atoms with Crippen LogP contribution in [0.1, 0.15) is 19.8 Å². The number of unbranched alkanes of at least 4 members (excludes halogenated alkanes) is 1. The molecule has 0 radical (unpaired) electrons. The van der Waals surface area contributed by atoms with Crippen molar-refractivity contribution in [1.29, 1.82) is 0 Å². The first-order valence-electron chi connectivity index (χ1n) is 4.62. The van der Waals surface area contributed by atoms with Crippen molar-refractivity contribution in [3.8, 4) is 0 Å². The van der Waals surface area contributed by atoms with Crippen molar-refractivity contribution in [2.24, 2.45) is 0 Å². The summed E-state index contributed by atoms with van der Waals surface area (Å²) in [4.78, 5) is 0. The lowest BCUT2D eigenvalue weighted by atomic mass is 10.3. The van der Waals surface area contributed by atoms with Crippen LogP contribution in [-0.4, -0.2) is 35.5 Å². The molecule has 0 aromatic carbocycles. The van der Waals surface area contributed by atoms with E-state index in [1.54, 1.807) is 0 Å². The average Bonchev–Trinajstić information content (AvgIpc) is 2.52. The third-order valence-electron chi connectivity index (χ3n) is 2.08. The van der Waals surface area contributed by atoms with E-state index >= 15 is 0 Å². The first kappa shape index (κ1) is 9.87. The normalized spacial score (nSPS) is 17.7. The Labute approximate surface area is 79.8 Å². The highest BCUT2D eigenvalue weighted by Crippen LogP contribution is 2.08. The number of hydrogen-bond acceptors (Lipinski definition) is 2. The summed E-state index contributed by atoms with van der Waals surface area (Å²) < 4.78 is 0. The van der Waals surface area contributed by atoms with Gasteiger partial charge in [0.15, 0.2) is 0 Å². The monoisotopic (exact) mass is 188 g/mol. The van der Waals surface area contributed by atoms with Gasteiger partial charge in [-0.05, 0) is 19.8 Å². The zero-order chi connectivity index (χ0) is 8.81. The molecule has 1 heterocycles. The van der Waals surface area contributed by atoms with Gasteiger partial charge in [-0.1, -0.05) is 6.08 Å². The van der Waals surface area contributed by atoms with E-state index in [0.29, 0.717) is 0 Å². The highest BCUT2D eigenvalue weighted by atomic mass is 35.5. The largest absolute Gasteiger partial charge is 0.313 e. The molecule has 0 fully saturated rings. The summed E-state index contributed by atoms with van der Waals surface area (Å²) in [5, 5.41) is 4.61. The van der Waals surface area contributed by atoms with Crippen molar-refractivity contribution in [1.82, 2.24) is 10.0 Å². The molecule has 0 amide bonds. The molecule has 0 aliphatic carbocycles. The van der Waals surface area contributed by atoms with Crippen LogP contribution < -0.4 is 0 Å². The molecule has 0 aromatic heterocycles. The van der Waals surface area contributed by atoms with Gasteiger partial charge < -0.3 is 5.01 Å². The van der Waals surface area contributed by atoms with Gasteiger partial charge in [0.2, 0.25) is 0 Å². The maximum Gasteiger partial charge on any atom is 0.0379 e. The Morgan fingerprint density at radius 1 is 1.42 bits per heavy atom. The summed E-state index contributed by atoms with van der Waals surface area (Å²) in [6.45, 7) is 5.44. The minimum Gasteiger partial charge on any atom is -0.313 e. The SMILES string of the molecule is CCN1C=CCN1CCCCCl. The lowest BCUT2D eigenvalue weighted by molar-refractivity contribution is 0.0562. The van der Waals surface area contributed by atoms with Crippen molar-refractivity contribution in [2.45, 2.75) is 19.8 Å². The quantitative estimate of drug-likeness (QED) is 0.482. The number of rotatable bonds is 5. The van der Waals surface area contributed by atoms with Gasteiger partial charge in [-0.2, -0.15) is 0 Å². The van der Waals surface area contributed by atoms with Crippen molar-refractivity contribution in [3.05, 3.63) is 12.3 Å². The second-order valence-electron chi connectivity index (χ2n) is 2.95. The summed E-state index contributed by atoms with van der Waals surface area (Å²) >= 11 is 5.61. The molecule has 0 unspecified atom stereocenters. The van der Waals surface area contributed by atoms with Crippen molar-refractivity contribution < 1.29 is 0 Å². The number of nitrogens with zero attached hydrogens (tertiary/aromatic N) is 2. The molecule has 0 spiro atoms. The Morgan fingerprint density at radius 3 is 2.92 bits per heavy atom. The van der Waals surface area contributed by atoms with E-state index in [2.05, 4.69) is 29.2 Å². The second-order valence-corrected chi connectivity index (χ2v) is 3.33. The predicted molar refractivity (Wildman–Crippen MR) is 53.0 cm³/mol. The summed E-state index contributed by atoms with van der Waals surface area (Å²) in [7, 11) is 0. The molecule has 2 nitrogen and oxygen atoms in total. The summed E-state index contributed by atoms with van der Waals surface area (Å²) in [6.07, 6.45) is 6.67. The Morgan fingerprint density at radius 2 is 2.25 bits per heavy atom. The second kappa shape index (κ2) is 5.44. The minimum absolute atomic E-state index is 0.785. The molecule has 0 saturated heterocycles. The molecule has 0 bridgehead atoms. The van der Waals surface area contributed by atoms with Gasteiger partial charge >= 0.3 is 0 Å². The first-order valence-corrected chi connectivity index (χ1v) is 5.16. The topological polar surface area (TPSA) is 6.48 Å². The number of alkyl halides is 1. The van der Waals surface area contributed by atoms with Gasteiger partial charge in [0, 0.05) is 31.7 Å². The van der Waals surface area contributed by atoms with E-state index in [9.17, 15) is 0 Å². The number of hydrogen-bond donors (Lipinski definition) is 0. The lowest BCUT2D eigenvalue weighted by Crippen LogP contribution is -2.35. The van der Waals surface area contributed by atoms with Gasteiger partial charge in [-0.15, -0.1) is 11.6 Å². The van der Waals surface area contributed by atoms with Gasteiger partial charge in [0.05, 0.1) is 0 Å². The number of hydrazine groups is 1. The zero-order valence-corrected chi connectivity index (χ0v) is 8.43. The highest BCUT2D eigenvalue weighted by molar-refractivity contribution is 6.17. The fraction of sp³-hybridized carbons (Fsp3) is 0.778. The zero-order valence-electron chi connectivity index (χ0n) is 7.67. The molecule has 0 aromatic rings. The third-order valence-corrected chi connectivity index (χ3v) is 2.35. The smallest absolute Gasteiger partial charge is 0.0379 e. The van der Waals surface area contributed by atoms with Gasteiger partial charge in [-0.3, -0.25) is 0 Å². The van der Waals surface area contributed by atoms with E-state index in [1.165, 1.54) is 6.42 Å². The Hall–Kier alpha value is -0.210. The van der Waals surface area contributed by atoms with Crippen LogP contribution in [0.4, 0.5) is 0 Å². The molecule has 0 saturated carbocycles. The van der Waals surface area contributed by atoms with Gasteiger partial charge in [0.25, 0.3) is 0 Å². The molecule has 1 rings (SSSR count). The summed E-state index contributed by atoms with van der Waals surface area (Å²) in [6, 6.07) is 0. The van der Waals surface area contributed by atoms with E-state index in [4.69, 9.17) is 11.6 Å². The van der Waals surface area contributed by atoms with Crippen molar-refractivity contribution >= 4 is 11.6 Å². The third kappa shape index (κ3) is 2.68. The number of halogens is 1. The first-order chi connectivity index (χ1) is 5.88. The van der Waals surface area contributed by atoms with Crippen molar-refractivity contribution in [2.75, 3.05) is 25.5 Å². The molecular weight excluding hydrogens is 172 g/mol. The van der Waals surface area contributed by atoms with Crippen LogP contribution in [0.25, 0.3) is 0 Å². The van der Waals surface area contributed by atoms with Crippen LogP contribution in [0.15, 0.2) is 12.3 Å². The minimum atomic E-state index is 0.785. The maximum atomic E-state index is 5.61. The molecule has 1 aliphatic heterocycles.